The summed E-state index contributed by atoms with van der Waals surface area (Å²) in [6.45, 7) is 2.66. The molecule has 3 aliphatic rings. The van der Waals surface area contributed by atoms with E-state index < -0.39 is 151 Å². The Balaban J connectivity index is 1.69. The molecule has 2 aromatic rings. The van der Waals surface area contributed by atoms with E-state index in [0.29, 0.717) is 22.2 Å². The Morgan fingerprint density at radius 2 is 1.53 bits per heavy atom. The van der Waals surface area contributed by atoms with Crippen LogP contribution < -0.4 is 37.6 Å². The first-order chi connectivity index (χ1) is 29.4. The van der Waals surface area contributed by atoms with Gasteiger partial charge in [-0.25, -0.2) is 0 Å². The molecule has 7 amide bonds. The van der Waals surface area contributed by atoms with Gasteiger partial charge in [0.2, 0.25) is 41.4 Å². The molecule has 0 saturated heterocycles. The van der Waals surface area contributed by atoms with Gasteiger partial charge in [-0.05, 0) is 18.8 Å². The Morgan fingerprint density at radius 3 is 2.21 bits per heavy atom. The number of ketones is 2. The lowest BCUT2D eigenvalue weighted by Crippen LogP contribution is -2.57. The van der Waals surface area contributed by atoms with Crippen molar-refractivity contribution >= 4 is 75.5 Å². The first kappa shape index (κ1) is 47.7. The Kier molecular flexibility index (Phi) is 16.2. The lowest BCUT2D eigenvalue weighted by Gasteiger charge is -2.31. The second kappa shape index (κ2) is 21.1. The third kappa shape index (κ3) is 11.5. The van der Waals surface area contributed by atoms with E-state index in [1.807, 2.05) is 0 Å². The average Bonchev–Trinajstić information content (AvgIpc) is 3.81. The Morgan fingerprint density at radius 1 is 0.871 bits per heavy atom. The zero-order valence-electron chi connectivity index (χ0n) is 34.8. The van der Waals surface area contributed by atoms with E-state index in [0.717, 1.165) is 11.8 Å². The highest BCUT2D eigenvalue weighted by Gasteiger charge is 2.46. The number of amides is 7. The van der Waals surface area contributed by atoms with Crippen LogP contribution in [0, 0.1) is 29.6 Å². The van der Waals surface area contributed by atoms with Gasteiger partial charge in [0, 0.05) is 47.5 Å². The molecule has 0 spiro atoms. The number of aromatic nitrogens is 1. The maximum Gasteiger partial charge on any atom is 0.244 e. The average molecular weight is 885 g/mol. The van der Waals surface area contributed by atoms with Crippen LogP contribution in [0.15, 0.2) is 35.5 Å². The van der Waals surface area contributed by atoms with E-state index >= 15 is 0 Å². The van der Waals surface area contributed by atoms with Crippen LogP contribution in [0.4, 0.5) is 0 Å². The monoisotopic (exact) mass is 884 g/mol. The highest BCUT2D eigenvalue weighted by Crippen LogP contribution is 2.36. The Labute approximate surface area is 361 Å². The molecule has 2 unspecified atom stereocenters. The van der Waals surface area contributed by atoms with Crippen molar-refractivity contribution in [2.75, 3.05) is 25.4 Å². The standard InChI is InChI=1S/C41H56N8O12S/c1-4-19(2)34-40(61)44-13-32(55)45-28-18-62-41-24-8-6-5-7-21(24)15-49(41)16-22(37(58)43-14-33(56)47-34)9-29(52)35(20(3)30(53)17-50)48-38(59)26-11-23(51)10-25(26)36(57)27(12-31(42)54)46-39(28)60/h5-8,15,19-20,22-23,25-28,30,34-35,50-51,53H,4,9-14,16-18H2,1-3H3,(H2,42,54)(H,43,58)(H,44,61)(H,45,55)(H,46,60)(H,47,56)(H,48,59)/t19-,20-,22-,23-,25?,26+,27-,28?,30-,34-,35-/m0/s1. The topological polar surface area (TPSA) is 317 Å². The largest absolute Gasteiger partial charge is 0.394 e. The second-order valence-electron chi connectivity index (χ2n) is 16.4. The third-order valence-electron chi connectivity index (χ3n) is 11.9. The number of hydrogen-bond acceptors (Lipinski definition) is 13. The molecule has 5 rings (SSSR count). The molecule has 11 atom stereocenters. The molecule has 11 N–H and O–H groups in total. The molecule has 1 saturated carbocycles. The number of carbonyl (C=O) groups excluding carboxylic acids is 9. The molecule has 1 aliphatic carbocycles. The number of nitrogens with zero attached hydrogens (tertiary/aromatic N) is 1. The van der Waals surface area contributed by atoms with Crippen LogP contribution in [-0.4, -0.2) is 135 Å². The van der Waals surface area contributed by atoms with Crippen molar-refractivity contribution in [3.63, 3.8) is 0 Å². The second-order valence-corrected chi connectivity index (χ2v) is 17.4. The van der Waals surface area contributed by atoms with Gasteiger partial charge in [-0.3, -0.25) is 43.2 Å². The number of aliphatic hydroxyl groups excluding tert-OH is 3. The molecule has 1 aromatic heterocycles. The lowest BCUT2D eigenvalue weighted by atomic mass is 9.84. The van der Waals surface area contributed by atoms with E-state index in [1.165, 1.54) is 6.92 Å². The molecule has 21 heteroatoms. The van der Waals surface area contributed by atoms with Gasteiger partial charge < -0.3 is 57.5 Å². The molecule has 0 radical (unpaired) electrons. The number of thioether (sulfide) groups is 1. The van der Waals surface area contributed by atoms with Crippen molar-refractivity contribution in [3.8, 4) is 0 Å². The number of benzene rings is 1. The SMILES string of the molecule is CC[C@H](C)[C@@H]1NC(=O)CNC(=O)[C@H]2CC(=O)[C@H]([C@@H](C)[C@@H](O)CO)NC(=O)[C@@H]3C[C@@H](O)CC3C(=O)[C@H](CC(N)=O)NC(=O)C(CSc3c4ccccc4cn3C2)NC(=O)CNC1=O. The van der Waals surface area contributed by atoms with Crippen molar-refractivity contribution in [2.24, 2.45) is 35.3 Å². The number of carbonyl (C=O) groups is 9. The van der Waals surface area contributed by atoms with Crippen molar-refractivity contribution in [2.45, 2.75) is 101 Å². The van der Waals surface area contributed by atoms with E-state index in [1.54, 1.807) is 48.9 Å². The van der Waals surface area contributed by atoms with Crippen LogP contribution >= 0.6 is 11.8 Å². The van der Waals surface area contributed by atoms with E-state index in [2.05, 4.69) is 31.9 Å². The summed E-state index contributed by atoms with van der Waals surface area (Å²) in [6.07, 6.45) is -2.38. The van der Waals surface area contributed by atoms with Crippen LogP contribution in [0.2, 0.25) is 0 Å². The van der Waals surface area contributed by atoms with Gasteiger partial charge in [0.05, 0.1) is 67.3 Å². The number of fused-ring (bicyclic) bond motifs is 5. The quantitative estimate of drug-likeness (QED) is 0.136. The molecular formula is C41H56N8O12S. The zero-order chi connectivity index (χ0) is 45.4. The number of nitrogens with two attached hydrogens (primary N) is 1. The minimum Gasteiger partial charge on any atom is -0.394 e. The van der Waals surface area contributed by atoms with Crippen molar-refractivity contribution in [1.82, 2.24) is 36.5 Å². The van der Waals surface area contributed by atoms with Crippen LogP contribution in [0.5, 0.6) is 0 Å². The Bertz CT molecular complexity index is 2060. The normalized spacial score (nSPS) is 29.1. The molecule has 20 nitrogen and oxygen atoms in total. The molecule has 3 heterocycles. The van der Waals surface area contributed by atoms with E-state index in [9.17, 15) is 58.5 Å². The van der Waals surface area contributed by atoms with E-state index in [-0.39, 0.29) is 25.1 Å². The zero-order valence-corrected chi connectivity index (χ0v) is 35.6. The van der Waals surface area contributed by atoms with Crippen molar-refractivity contribution in [3.05, 3.63) is 30.5 Å². The van der Waals surface area contributed by atoms with Gasteiger partial charge in [0.1, 0.15) is 12.1 Å². The van der Waals surface area contributed by atoms with Crippen molar-refractivity contribution in [1.29, 1.82) is 0 Å². The number of aliphatic hydroxyl groups is 3. The van der Waals surface area contributed by atoms with Crippen LogP contribution in [0.3, 0.4) is 0 Å². The summed E-state index contributed by atoms with van der Waals surface area (Å²) in [5.74, 6) is -13.0. The number of nitrogens with one attached hydrogen (secondary N) is 6. The number of Topliss-reactive ketones (excluding diaryl/α,β-unsaturated/α-hetero) is 2. The number of rotatable bonds is 7. The smallest absolute Gasteiger partial charge is 0.244 e. The van der Waals surface area contributed by atoms with Gasteiger partial charge in [-0.1, -0.05) is 51.5 Å². The molecule has 2 bridgehead atoms. The molecule has 338 valence electrons. The third-order valence-corrected chi connectivity index (χ3v) is 13.2. The first-order valence-electron chi connectivity index (χ1n) is 20.7. The summed E-state index contributed by atoms with van der Waals surface area (Å²) < 4.78 is 1.68. The molecule has 1 fully saturated rings. The van der Waals surface area contributed by atoms with Gasteiger partial charge >= 0.3 is 0 Å². The summed E-state index contributed by atoms with van der Waals surface area (Å²) in [5, 5.41) is 48.6. The molecule has 1 aromatic carbocycles. The summed E-state index contributed by atoms with van der Waals surface area (Å²) >= 11 is 1.09. The fraction of sp³-hybridized carbons (Fsp3) is 0.585. The fourth-order valence-electron chi connectivity index (χ4n) is 8.16. The minimum absolute atomic E-state index is 0.193. The fourth-order valence-corrected chi connectivity index (χ4v) is 9.35. The maximum absolute atomic E-state index is 14.5. The summed E-state index contributed by atoms with van der Waals surface area (Å²) in [7, 11) is 0. The summed E-state index contributed by atoms with van der Waals surface area (Å²) in [5.41, 5.74) is 5.54. The molecule has 2 aliphatic heterocycles. The van der Waals surface area contributed by atoms with Gasteiger partial charge in [0.15, 0.2) is 11.6 Å². The highest BCUT2D eigenvalue weighted by atomic mass is 32.2. The van der Waals surface area contributed by atoms with Crippen LogP contribution in [0.1, 0.15) is 52.9 Å². The summed E-state index contributed by atoms with van der Waals surface area (Å²) in [4.78, 5) is 124. The lowest BCUT2D eigenvalue weighted by molar-refractivity contribution is -0.139. The Hall–Kier alpha value is -5.38. The molecule has 62 heavy (non-hydrogen) atoms. The summed E-state index contributed by atoms with van der Waals surface area (Å²) in [6, 6.07) is 1.36. The number of hydrogen-bond donors (Lipinski definition) is 10. The van der Waals surface area contributed by atoms with Crippen molar-refractivity contribution < 1.29 is 58.5 Å². The minimum atomic E-state index is -1.63. The maximum atomic E-state index is 14.5. The van der Waals surface area contributed by atoms with Gasteiger partial charge in [0.25, 0.3) is 0 Å². The van der Waals surface area contributed by atoms with Gasteiger partial charge in [-0.2, -0.15) is 0 Å². The van der Waals surface area contributed by atoms with Crippen LogP contribution in [0.25, 0.3) is 10.8 Å². The molecular weight excluding hydrogens is 829 g/mol. The number of primary amides is 1. The van der Waals surface area contributed by atoms with E-state index in [4.69, 9.17) is 5.73 Å². The predicted octanol–water partition coefficient (Wildman–Crippen LogP) is -2.63. The predicted molar refractivity (Wildman–Crippen MR) is 222 cm³/mol. The highest BCUT2D eigenvalue weighted by molar-refractivity contribution is 7.99. The first-order valence-corrected chi connectivity index (χ1v) is 21.7. The van der Waals surface area contributed by atoms with Crippen LogP contribution in [-0.2, 0) is 49.7 Å². The van der Waals surface area contributed by atoms with Gasteiger partial charge in [-0.15, -0.1) is 11.8 Å².